The van der Waals surface area contributed by atoms with Crippen LogP contribution in [0.25, 0.3) is 0 Å². The van der Waals surface area contributed by atoms with Crippen molar-refractivity contribution in [3.8, 4) is 0 Å². The third-order valence-corrected chi connectivity index (χ3v) is 3.19. The van der Waals surface area contributed by atoms with Crippen molar-refractivity contribution in [2.75, 3.05) is 6.54 Å². The van der Waals surface area contributed by atoms with Crippen molar-refractivity contribution in [2.45, 2.75) is 6.42 Å². The summed E-state index contributed by atoms with van der Waals surface area (Å²) in [5.74, 6) is -0.355. The number of rotatable bonds is 4. The first kappa shape index (κ1) is 14.6. The molecule has 0 unspecified atom stereocenters. The highest BCUT2D eigenvalue weighted by Crippen LogP contribution is 2.20. The number of aromatic nitrogens is 2. The molecule has 0 atom stereocenters. The van der Waals surface area contributed by atoms with Crippen LogP contribution in [-0.2, 0) is 6.42 Å². The van der Waals surface area contributed by atoms with E-state index in [2.05, 4.69) is 15.5 Å². The molecule has 2 rings (SSSR count). The molecule has 1 heterocycles. The zero-order valence-corrected chi connectivity index (χ0v) is 11.8. The van der Waals surface area contributed by atoms with Crippen LogP contribution in [0.3, 0.4) is 0 Å². The van der Waals surface area contributed by atoms with E-state index in [1.807, 2.05) is 6.07 Å². The number of carbonyl (C=O) groups is 1. The van der Waals surface area contributed by atoms with Gasteiger partial charge in [0.2, 0.25) is 0 Å². The summed E-state index contributed by atoms with van der Waals surface area (Å²) in [5, 5.41) is 9.67. The highest BCUT2D eigenvalue weighted by Gasteiger charge is 2.07. The number of nitrogens with one attached hydrogen (secondary N) is 2. The first-order valence-electron chi connectivity index (χ1n) is 5.84. The Morgan fingerprint density at radius 3 is 2.70 bits per heavy atom. The lowest BCUT2D eigenvalue weighted by Crippen LogP contribution is -2.27. The van der Waals surface area contributed by atoms with Crippen LogP contribution >= 0.6 is 23.2 Å². The van der Waals surface area contributed by atoms with E-state index in [0.717, 1.165) is 5.56 Å². The van der Waals surface area contributed by atoms with Gasteiger partial charge in [0.25, 0.3) is 11.5 Å². The fourth-order valence-corrected chi connectivity index (χ4v) is 2.10. The molecule has 1 aromatic heterocycles. The molecule has 0 spiro atoms. The minimum atomic E-state index is -0.355. The summed E-state index contributed by atoms with van der Waals surface area (Å²) in [6, 6.07) is 7.83. The van der Waals surface area contributed by atoms with Crippen LogP contribution in [0.2, 0.25) is 10.0 Å². The van der Waals surface area contributed by atoms with E-state index in [0.29, 0.717) is 23.0 Å². The summed E-state index contributed by atoms with van der Waals surface area (Å²) in [4.78, 5) is 22.6. The smallest absolute Gasteiger partial charge is 0.271 e. The van der Waals surface area contributed by atoms with Crippen molar-refractivity contribution in [1.82, 2.24) is 15.5 Å². The second kappa shape index (κ2) is 6.54. The maximum atomic E-state index is 11.7. The van der Waals surface area contributed by atoms with Gasteiger partial charge in [-0.1, -0.05) is 29.3 Å². The normalized spacial score (nSPS) is 10.3. The van der Waals surface area contributed by atoms with Crippen LogP contribution < -0.4 is 10.9 Å². The molecule has 0 fully saturated rings. The van der Waals surface area contributed by atoms with Gasteiger partial charge in [0.15, 0.2) is 0 Å². The zero-order chi connectivity index (χ0) is 14.5. The largest absolute Gasteiger partial charge is 0.350 e. The van der Waals surface area contributed by atoms with E-state index in [1.54, 1.807) is 12.1 Å². The monoisotopic (exact) mass is 311 g/mol. The van der Waals surface area contributed by atoms with Crippen LogP contribution in [-0.4, -0.2) is 22.6 Å². The average Bonchev–Trinajstić information content (AvgIpc) is 2.42. The van der Waals surface area contributed by atoms with Gasteiger partial charge in [-0.2, -0.15) is 5.10 Å². The maximum Gasteiger partial charge on any atom is 0.271 e. The Kier molecular flexibility index (Phi) is 4.76. The molecule has 0 aliphatic carbocycles. The highest BCUT2D eigenvalue weighted by atomic mass is 35.5. The number of benzene rings is 1. The summed E-state index contributed by atoms with van der Waals surface area (Å²) < 4.78 is 0. The van der Waals surface area contributed by atoms with Crippen LogP contribution in [0.15, 0.2) is 35.1 Å². The van der Waals surface area contributed by atoms with E-state index in [1.165, 1.54) is 12.1 Å². The molecular formula is C13H11Cl2N3O2. The van der Waals surface area contributed by atoms with Gasteiger partial charge in [-0.25, -0.2) is 5.10 Å². The Bertz CT molecular complexity index is 665. The van der Waals surface area contributed by atoms with Gasteiger partial charge in [0.05, 0.1) is 0 Å². The summed E-state index contributed by atoms with van der Waals surface area (Å²) in [7, 11) is 0. The van der Waals surface area contributed by atoms with Crippen molar-refractivity contribution in [1.29, 1.82) is 0 Å². The number of halogens is 2. The fourth-order valence-electron chi connectivity index (χ4n) is 1.60. The van der Waals surface area contributed by atoms with Crippen LogP contribution in [0, 0.1) is 0 Å². The van der Waals surface area contributed by atoms with Crippen LogP contribution in [0.1, 0.15) is 16.1 Å². The molecule has 104 valence electrons. The lowest BCUT2D eigenvalue weighted by Gasteiger charge is -2.06. The molecule has 2 N–H and O–H groups in total. The summed E-state index contributed by atoms with van der Waals surface area (Å²) >= 11 is 11.8. The van der Waals surface area contributed by atoms with Crippen molar-refractivity contribution >= 4 is 29.1 Å². The van der Waals surface area contributed by atoms with E-state index < -0.39 is 0 Å². The number of amides is 1. The first-order valence-corrected chi connectivity index (χ1v) is 6.60. The second-order valence-corrected chi connectivity index (χ2v) is 4.89. The van der Waals surface area contributed by atoms with Crippen molar-refractivity contribution in [2.24, 2.45) is 0 Å². The van der Waals surface area contributed by atoms with Gasteiger partial charge in [-0.3, -0.25) is 9.59 Å². The van der Waals surface area contributed by atoms with Crippen LogP contribution in [0.5, 0.6) is 0 Å². The number of H-pyrrole nitrogens is 1. The minimum absolute atomic E-state index is 0.159. The molecule has 0 radical (unpaired) electrons. The van der Waals surface area contributed by atoms with Crippen molar-refractivity contribution in [3.05, 3.63) is 62.0 Å². The van der Waals surface area contributed by atoms with E-state index in [9.17, 15) is 9.59 Å². The summed E-state index contributed by atoms with van der Waals surface area (Å²) in [6.07, 6.45) is 0.574. The number of hydrogen-bond donors (Lipinski definition) is 2. The minimum Gasteiger partial charge on any atom is -0.350 e. The molecule has 0 saturated heterocycles. The topological polar surface area (TPSA) is 74.8 Å². The average molecular weight is 312 g/mol. The van der Waals surface area contributed by atoms with Gasteiger partial charge >= 0.3 is 0 Å². The Labute approximate surface area is 124 Å². The Morgan fingerprint density at radius 2 is 2.05 bits per heavy atom. The second-order valence-electron chi connectivity index (χ2n) is 4.05. The quantitative estimate of drug-likeness (QED) is 0.907. The van der Waals surface area contributed by atoms with Crippen molar-refractivity contribution < 1.29 is 4.79 Å². The predicted octanol–water partition coefficient (Wildman–Crippen LogP) is 2.05. The Hall–Kier alpha value is -1.85. The van der Waals surface area contributed by atoms with Gasteiger partial charge < -0.3 is 5.32 Å². The molecule has 1 aromatic carbocycles. The Balaban J connectivity index is 1.91. The number of carbonyl (C=O) groups excluding carboxylic acids is 1. The van der Waals surface area contributed by atoms with E-state index in [4.69, 9.17) is 23.2 Å². The van der Waals surface area contributed by atoms with E-state index in [-0.39, 0.29) is 17.2 Å². The SMILES string of the molecule is O=C(NCCc1ccc(Cl)cc1Cl)c1ccc(=O)[nH]n1. The lowest BCUT2D eigenvalue weighted by atomic mass is 10.1. The summed E-state index contributed by atoms with van der Waals surface area (Å²) in [6.45, 7) is 0.404. The molecule has 20 heavy (non-hydrogen) atoms. The standard InChI is InChI=1S/C13H11Cl2N3O2/c14-9-2-1-8(10(15)7-9)5-6-16-13(20)11-3-4-12(19)18-17-11/h1-4,7H,5-6H2,(H,16,20)(H,18,19). The molecule has 0 aliphatic rings. The number of aromatic amines is 1. The fraction of sp³-hybridized carbons (Fsp3) is 0.154. The Morgan fingerprint density at radius 1 is 1.25 bits per heavy atom. The van der Waals surface area contributed by atoms with Gasteiger partial charge in [0.1, 0.15) is 5.69 Å². The van der Waals surface area contributed by atoms with Gasteiger partial charge in [-0.15, -0.1) is 0 Å². The molecule has 1 amide bonds. The molecular weight excluding hydrogens is 301 g/mol. The third-order valence-electron chi connectivity index (χ3n) is 2.61. The lowest BCUT2D eigenvalue weighted by molar-refractivity contribution is 0.0948. The van der Waals surface area contributed by atoms with Crippen LogP contribution in [0.4, 0.5) is 0 Å². The van der Waals surface area contributed by atoms with Gasteiger partial charge in [0, 0.05) is 22.7 Å². The zero-order valence-electron chi connectivity index (χ0n) is 10.3. The predicted molar refractivity (Wildman–Crippen MR) is 77.4 cm³/mol. The van der Waals surface area contributed by atoms with E-state index >= 15 is 0 Å². The third kappa shape index (κ3) is 3.82. The summed E-state index contributed by atoms with van der Waals surface area (Å²) in [5.41, 5.74) is 0.701. The maximum absolute atomic E-state index is 11.7. The highest BCUT2D eigenvalue weighted by molar-refractivity contribution is 6.35. The molecule has 7 heteroatoms. The van der Waals surface area contributed by atoms with Crippen molar-refractivity contribution in [3.63, 3.8) is 0 Å². The first-order chi connectivity index (χ1) is 9.56. The molecule has 0 saturated carbocycles. The molecule has 0 aliphatic heterocycles. The molecule has 0 bridgehead atoms. The number of hydrogen-bond acceptors (Lipinski definition) is 3. The molecule has 2 aromatic rings. The number of nitrogens with zero attached hydrogens (tertiary/aromatic N) is 1. The molecule has 5 nitrogen and oxygen atoms in total. The van der Waals surface area contributed by atoms with Gasteiger partial charge in [-0.05, 0) is 30.2 Å².